The normalized spacial score (nSPS) is 19.1. The number of aliphatic carboxylic acids is 1. The Hall–Kier alpha value is -1.71. The van der Waals surface area contributed by atoms with Gasteiger partial charge in [0.2, 0.25) is 6.79 Å². The van der Waals surface area contributed by atoms with E-state index in [4.69, 9.17) is 14.6 Å². The summed E-state index contributed by atoms with van der Waals surface area (Å²) in [5, 5.41) is 9.00. The van der Waals surface area contributed by atoms with Crippen LogP contribution in [0.2, 0.25) is 0 Å². The lowest BCUT2D eigenvalue weighted by atomic mass is 9.90. The third kappa shape index (κ3) is 1.95. The molecular weight excluding hydrogens is 220 g/mol. The minimum Gasteiger partial charge on any atom is -0.481 e. The lowest BCUT2D eigenvalue weighted by Gasteiger charge is -2.16. The molecule has 4 heteroatoms. The van der Waals surface area contributed by atoms with Gasteiger partial charge >= 0.3 is 5.97 Å². The molecule has 0 bridgehead atoms. The van der Waals surface area contributed by atoms with E-state index < -0.39 is 5.97 Å². The van der Waals surface area contributed by atoms with Crippen molar-refractivity contribution in [1.29, 1.82) is 0 Å². The second kappa shape index (κ2) is 3.95. The molecule has 0 spiro atoms. The average Bonchev–Trinajstić information content (AvgIpc) is 3.02. The minimum atomic E-state index is -0.751. The molecule has 1 aliphatic heterocycles. The van der Waals surface area contributed by atoms with Crippen molar-refractivity contribution in [2.45, 2.75) is 25.2 Å². The molecule has 1 atom stereocenters. The lowest BCUT2D eigenvalue weighted by molar-refractivity contribution is -0.137. The third-order valence-corrected chi connectivity index (χ3v) is 3.41. The summed E-state index contributed by atoms with van der Waals surface area (Å²) in [6.45, 7) is 0.233. The number of hydrogen-bond donors (Lipinski definition) is 1. The third-order valence-electron chi connectivity index (χ3n) is 3.41. The Bertz CT molecular complexity index is 451. The van der Waals surface area contributed by atoms with Gasteiger partial charge in [-0.1, -0.05) is 12.1 Å². The van der Waals surface area contributed by atoms with Gasteiger partial charge in [-0.05, 0) is 24.8 Å². The predicted octanol–water partition coefficient (Wildman–Crippen LogP) is 2.38. The van der Waals surface area contributed by atoms with Crippen LogP contribution in [-0.4, -0.2) is 17.9 Å². The first-order valence-corrected chi connectivity index (χ1v) is 5.86. The summed E-state index contributed by atoms with van der Waals surface area (Å²) in [5.74, 6) is 1.27. The highest BCUT2D eigenvalue weighted by molar-refractivity contribution is 5.69. The van der Waals surface area contributed by atoms with Crippen molar-refractivity contribution < 1.29 is 19.4 Å². The van der Waals surface area contributed by atoms with E-state index in [1.54, 1.807) is 0 Å². The second-order valence-electron chi connectivity index (χ2n) is 4.62. The van der Waals surface area contributed by atoms with Crippen LogP contribution >= 0.6 is 0 Å². The zero-order valence-corrected chi connectivity index (χ0v) is 9.39. The topological polar surface area (TPSA) is 55.8 Å². The summed E-state index contributed by atoms with van der Waals surface area (Å²) in [6.07, 6.45) is 2.40. The number of carboxylic acids is 1. The lowest BCUT2D eigenvalue weighted by Crippen LogP contribution is -2.09. The van der Waals surface area contributed by atoms with Crippen molar-refractivity contribution in [2.75, 3.05) is 6.79 Å². The maximum Gasteiger partial charge on any atom is 0.303 e. The van der Waals surface area contributed by atoms with Gasteiger partial charge < -0.3 is 14.6 Å². The number of benzene rings is 1. The van der Waals surface area contributed by atoms with Gasteiger partial charge in [-0.15, -0.1) is 0 Å². The number of hydrogen-bond acceptors (Lipinski definition) is 3. The molecule has 1 aromatic rings. The monoisotopic (exact) mass is 234 g/mol. The summed E-state index contributed by atoms with van der Waals surface area (Å²) < 4.78 is 10.8. The smallest absolute Gasteiger partial charge is 0.303 e. The zero-order chi connectivity index (χ0) is 11.8. The molecule has 1 heterocycles. The highest BCUT2D eigenvalue weighted by atomic mass is 16.7. The second-order valence-corrected chi connectivity index (χ2v) is 4.62. The van der Waals surface area contributed by atoms with Crippen molar-refractivity contribution >= 4 is 5.97 Å². The molecule has 4 nitrogen and oxygen atoms in total. The van der Waals surface area contributed by atoms with E-state index in [-0.39, 0.29) is 19.1 Å². The molecule has 90 valence electrons. The summed E-state index contributed by atoms with van der Waals surface area (Å²) in [5.41, 5.74) is 0.991. The van der Waals surface area contributed by atoms with Gasteiger partial charge in [0.25, 0.3) is 0 Å². The molecule has 0 saturated heterocycles. The molecule has 1 saturated carbocycles. The van der Waals surface area contributed by atoms with E-state index in [0.29, 0.717) is 5.92 Å². The molecule has 1 unspecified atom stereocenters. The fourth-order valence-electron chi connectivity index (χ4n) is 2.46. The van der Waals surface area contributed by atoms with E-state index in [1.165, 1.54) is 0 Å². The van der Waals surface area contributed by atoms with Crippen molar-refractivity contribution in [1.82, 2.24) is 0 Å². The Labute approximate surface area is 99.2 Å². The Morgan fingerprint density at radius 2 is 2.24 bits per heavy atom. The van der Waals surface area contributed by atoms with Crippen molar-refractivity contribution in [3.8, 4) is 11.5 Å². The van der Waals surface area contributed by atoms with Gasteiger partial charge in [-0.2, -0.15) is 0 Å². The van der Waals surface area contributed by atoms with Gasteiger partial charge in [0, 0.05) is 11.5 Å². The van der Waals surface area contributed by atoms with E-state index in [9.17, 15) is 4.79 Å². The molecule has 1 aromatic carbocycles. The summed E-state index contributed by atoms with van der Waals surface area (Å²) >= 11 is 0. The maximum atomic E-state index is 10.9. The number of carbonyl (C=O) groups is 1. The van der Waals surface area contributed by atoms with E-state index in [0.717, 1.165) is 29.9 Å². The summed E-state index contributed by atoms with van der Waals surface area (Å²) in [6, 6.07) is 5.72. The van der Waals surface area contributed by atoms with Gasteiger partial charge in [0.1, 0.15) is 0 Å². The zero-order valence-electron chi connectivity index (χ0n) is 9.39. The van der Waals surface area contributed by atoms with Crippen LogP contribution in [0.3, 0.4) is 0 Å². The van der Waals surface area contributed by atoms with Crippen LogP contribution in [0.15, 0.2) is 18.2 Å². The molecule has 0 radical (unpaired) electrons. The summed E-state index contributed by atoms with van der Waals surface area (Å²) in [4.78, 5) is 10.9. The van der Waals surface area contributed by atoms with Gasteiger partial charge in [-0.3, -0.25) is 4.79 Å². The first-order chi connectivity index (χ1) is 8.25. The fourth-order valence-corrected chi connectivity index (χ4v) is 2.46. The van der Waals surface area contributed by atoms with Gasteiger partial charge in [0.05, 0.1) is 6.42 Å². The molecule has 3 rings (SSSR count). The van der Waals surface area contributed by atoms with Crippen molar-refractivity contribution in [2.24, 2.45) is 5.92 Å². The number of ether oxygens (including phenoxy) is 2. The van der Waals surface area contributed by atoms with Crippen LogP contribution in [0.25, 0.3) is 0 Å². The SMILES string of the molecule is O=C(O)CC(c1cccc2c1OCO2)C1CC1. The summed E-state index contributed by atoms with van der Waals surface area (Å²) in [7, 11) is 0. The van der Waals surface area contributed by atoms with Crippen molar-refractivity contribution in [3.05, 3.63) is 23.8 Å². The standard InChI is InChI=1S/C13H14O4/c14-12(15)6-10(8-4-5-8)9-2-1-3-11-13(9)17-7-16-11/h1-3,8,10H,4-7H2,(H,14,15). The van der Waals surface area contributed by atoms with Crippen LogP contribution in [-0.2, 0) is 4.79 Å². The Balaban J connectivity index is 1.95. The first kappa shape index (κ1) is 10.4. The fraction of sp³-hybridized carbons (Fsp3) is 0.462. The molecule has 17 heavy (non-hydrogen) atoms. The molecule has 1 aliphatic carbocycles. The molecule has 0 aromatic heterocycles. The van der Waals surface area contributed by atoms with E-state index in [1.807, 2.05) is 18.2 Å². The van der Waals surface area contributed by atoms with Crippen LogP contribution in [0, 0.1) is 5.92 Å². The molecule has 1 N–H and O–H groups in total. The number of para-hydroxylation sites is 1. The Morgan fingerprint density at radius 1 is 1.41 bits per heavy atom. The highest BCUT2D eigenvalue weighted by Gasteiger charge is 2.36. The molecule has 0 amide bonds. The molecule has 1 fully saturated rings. The Kier molecular flexibility index (Phi) is 2.42. The average molecular weight is 234 g/mol. The number of carboxylic acid groups (broad SMARTS) is 1. The first-order valence-electron chi connectivity index (χ1n) is 5.86. The van der Waals surface area contributed by atoms with Gasteiger partial charge in [0.15, 0.2) is 11.5 Å². The number of fused-ring (bicyclic) bond motifs is 1. The predicted molar refractivity (Wildman–Crippen MR) is 60.3 cm³/mol. The van der Waals surface area contributed by atoms with Crippen LogP contribution in [0.5, 0.6) is 11.5 Å². The Morgan fingerprint density at radius 3 is 2.94 bits per heavy atom. The quantitative estimate of drug-likeness (QED) is 0.869. The van der Waals surface area contributed by atoms with Crippen molar-refractivity contribution in [3.63, 3.8) is 0 Å². The molecular formula is C13H14O4. The maximum absolute atomic E-state index is 10.9. The van der Waals surface area contributed by atoms with Crippen LogP contribution in [0.1, 0.15) is 30.7 Å². The largest absolute Gasteiger partial charge is 0.481 e. The van der Waals surface area contributed by atoms with E-state index in [2.05, 4.69) is 0 Å². The van der Waals surface area contributed by atoms with Crippen LogP contribution < -0.4 is 9.47 Å². The minimum absolute atomic E-state index is 0.0594. The van der Waals surface area contributed by atoms with Gasteiger partial charge in [-0.25, -0.2) is 0 Å². The number of rotatable bonds is 4. The molecule has 2 aliphatic rings. The highest BCUT2D eigenvalue weighted by Crippen LogP contribution is 2.49. The van der Waals surface area contributed by atoms with Crippen LogP contribution in [0.4, 0.5) is 0 Å². The van der Waals surface area contributed by atoms with E-state index >= 15 is 0 Å².